The van der Waals surface area contributed by atoms with Crippen molar-refractivity contribution in [3.05, 3.63) is 40.2 Å². The topological polar surface area (TPSA) is 134 Å². The summed E-state index contributed by atoms with van der Waals surface area (Å²) in [6.07, 6.45) is 2.64. The number of hydrogen-bond acceptors (Lipinski definition) is 8. The second-order valence-electron chi connectivity index (χ2n) is 10.4. The number of hydrogen-bond donors (Lipinski definition) is 3. The number of carboxylic acids is 1. The van der Waals surface area contributed by atoms with Crippen molar-refractivity contribution < 1.29 is 22.7 Å². The molecule has 9 nitrogen and oxygen atoms in total. The Bertz CT molecular complexity index is 1440. The van der Waals surface area contributed by atoms with Gasteiger partial charge in [0.05, 0.1) is 32.7 Å². The number of halogens is 2. The molecule has 0 spiro atoms. The molecule has 13 heteroatoms. The van der Waals surface area contributed by atoms with Gasteiger partial charge in [-0.05, 0) is 37.0 Å². The number of nitrogens with zero attached hydrogens (tertiary/aromatic N) is 3. The number of carboxylic acid groups (broad SMARTS) is 1. The minimum absolute atomic E-state index is 0.0182. The van der Waals surface area contributed by atoms with Gasteiger partial charge in [-0.1, -0.05) is 46.2 Å². The van der Waals surface area contributed by atoms with E-state index < -0.39 is 21.8 Å². The van der Waals surface area contributed by atoms with Crippen molar-refractivity contribution in [1.82, 2.24) is 15.0 Å². The molecule has 212 valence electrons. The zero-order valence-electron chi connectivity index (χ0n) is 22.5. The summed E-state index contributed by atoms with van der Waals surface area (Å²) in [6.45, 7) is 10.0. The molecule has 39 heavy (non-hydrogen) atoms. The van der Waals surface area contributed by atoms with Crippen LogP contribution in [0.1, 0.15) is 58.9 Å². The van der Waals surface area contributed by atoms with Crippen LogP contribution in [-0.2, 0) is 20.2 Å². The molecular weight excluding hydrogens is 565 g/mol. The highest BCUT2D eigenvalue weighted by Gasteiger charge is 2.27. The smallest absolute Gasteiger partial charge is 0.303 e. The summed E-state index contributed by atoms with van der Waals surface area (Å²) in [4.78, 5) is 25.1. The molecule has 0 saturated heterocycles. The van der Waals surface area contributed by atoms with E-state index in [4.69, 9.17) is 21.7 Å². The molecule has 0 amide bonds. The lowest BCUT2D eigenvalue weighted by atomic mass is 9.98. The molecule has 0 bridgehead atoms. The molecule has 0 aliphatic heterocycles. The van der Waals surface area contributed by atoms with Crippen LogP contribution in [0.15, 0.2) is 24.4 Å². The number of anilines is 2. The van der Waals surface area contributed by atoms with Gasteiger partial charge in [-0.2, -0.15) is 0 Å². The lowest BCUT2D eigenvalue weighted by Crippen LogP contribution is -2.17. The van der Waals surface area contributed by atoms with E-state index >= 15 is 4.39 Å². The van der Waals surface area contributed by atoms with Crippen molar-refractivity contribution >= 4 is 50.6 Å². The average molecular weight is 598 g/mol. The average Bonchev–Trinajstić information content (AvgIpc) is 3.27. The van der Waals surface area contributed by atoms with E-state index in [9.17, 15) is 13.2 Å². The zero-order chi connectivity index (χ0) is 29.0. The Hall–Kier alpha value is -2.83. The van der Waals surface area contributed by atoms with Crippen molar-refractivity contribution in [2.24, 2.45) is 5.92 Å². The van der Waals surface area contributed by atoms with Crippen LogP contribution in [0.3, 0.4) is 0 Å². The van der Waals surface area contributed by atoms with E-state index in [-0.39, 0.29) is 39.8 Å². The number of aliphatic carboxylic acids is 1. The van der Waals surface area contributed by atoms with Crippen molar-refractivity contribution in [2.75, 3.05) is 22.3 Å². The SMILES string of the molecule is CCCS(=O)(=O)Nc1cc(Cl)cc(-c2nc(C(C)(C)C)sc2-c2ccnc(NCC[C@@H](C)CC(=O)O)n2)c1F. The highest BCUT2D eigenvalue weighted by molar-refractivity contribution is 7.92. The Morgan fingerprint density at radius 2 is 1.97 bits per heavy atom. The van der Waals surface area contributed by atoms with Gasteiger partial charge < -0.3 is 10.4 Å². The van der Waals surface area contributed by atoms with Gasteiger partial charge in [0.15, 0.2) is 5.82 Å². The van der Waals surface area contributed by atoms with Crippen LogP contribution in [0.2, 0.25) is 5.02 Å². The van der Waals surface area contributed by atoms with Gasteiger partial charge in [-0.3, -0.25) is 9.52 Å². The van der Waals surface area contributed by atoms with Gasteiger partial charge in [-0.25, -0.2) is 27.8 Å². The predicted octanol–water partition coefficient (Wildman–Crippen LogP) is 6.42. The molecular formula is C26H33ClFN5O4S2. The summed E-state index contributed by atoms with van der Waals surface area (Å²) in [5.74, 6) is -1.47. The molecule has 0 radical (unpaired) electrons. The normalized spacial score (nSPS) is 12.8. The van der Waals surface area contributed by atoms with Gasteiger partial charge in [0.25, 0.3) is 0 Å². The Morgan fingerprint density at radius 1 is 1.26 bits per heavy atom. The van der Waals surface area contributed by atoms with Crippen molar-refractivity contribution in [3.63, 3.8) is 0 Å². The largest absolute Gasteiger partial charge is 0.481 e. The first kappa shape index (κ1) is 30.7. The van der Waals surface area contributed by atoms with Crippen molar-refractivity contribution in [3.8, 4) is 21.8 Å². The van der Waals surface area contributed by atoms with Gasteiger partial charge in [0.2, 0.25) is 16.0 Å². The van der Waals surface area contributed by atoms with Crippen LogP contribution in [0.25, 0.3) is 21.8 Å². The van der Waals surface area contributed by atoms with Gasteiger partial charge in [-0.15, -0.1) is 11.3 Å². The number of nitrogens with one attached hydrogen (secondary N) is 2. The van der Waals surface area contributed by atoms with E-state index in [0.717, 1.165) is 5.01 Å². The lowest BCUT2D eigenvalue weighted by Gasteiger charge is -2.14. The highest BCUT2D eigenvalue weighted by Crippen LogP contribution is 2.43. The van der Waals surface area contributed by atoms with Gasteiger partial charge in [0.1, 0.15) is 0 Å². The third-order valence-electron chi connectivity index (χ3n) is 5.63. The van der Waals surface area contributed by atoms with E-state index in [1.54, 1.807) is 19.2 Å². The van der Waals surface area contributed by atoms with Crippen LogP contribution < -0.4 is 10.0 Å². The molecule has 0 fully saturated rings. The first-order valence-corrected chi connectivity index (χ1v) is 15.3. The molecule has 3 N–H and O–H groups in total. The number of rotatable bonds is 12. The fourth-order valence-electron chi connectivity index (χ4n) is 3.72. The summed E-state index contributed by atoms with van der Waals surface area (Å²) in [5.41, 5.74) is 0.242. The summed E-state index contributed by atoms with van der Waals surface area (Å²) in [6, 6.07) is 4.35. The van der Waals surface area contributed by atoms with E-state index in [1.165, 1.54) is 23.5 Å². The van der Waals surface area contributed by atoms with Crippen LogP contribution in [-0.4, -0.2) is 46.7 Å². The molecule has 2 heterocycles. The number of thiazole rings is 1. The van der Waals surface area contributed by atoms with Crippen LogP contribution in [0.4, 0.5) is 16.0 Å². The fourth-order valence-corrected chi connectivity index (χ4v) is 6.17. The number of sulfonamides is 1. The zero-order valence-corrected chi connectivity index (χ0v) is 24.9. The van der Waals surface area contributed by atoms with Crippen LogP contribution in [0.5, 0.6) is 0 Å². The summed E-state index contributed by atoms with van der Waals surface area (Å²) < 4.78 is 42.9. The Morgan fingerprint density at radius 3 is 2.62 bits per heavy atom. The molecule has 1 aromatic carbocycles. The Kier molecular flexibility index (Phi) is 9.89. The molecule has 3 aromatic rings. The standard InChI is InChI=1S/C26H33ClFN5O4S2/c1-6-11-39(36,37)33-19-14-16(27)13-17(21(19)28)22-23(38-24(32-22)26(3,4)5)18-8-10-30-25(31-18)29-9-7-15(2)12-20(34)35/h8,10,13-15,33H,6-7,9,11-12H2,1-5H3,(H,34,35)(H,29,30,31)/t15-/m1/s1. The first-order chi connectivity index (χ1) is 18.2. The number of carbonyl (C=O) groups is 1. The second kappa shape index (κ2) is 12.6. The molecule has 0 aliphatic rings. The van der Waals surface area contributed by atoms with Crippen molar-refractivity contribution in [1.29, 1.82) is 0 Å². The quantitative estimate of drug-likeness (QED) is 0.218. The minimum Gasteiger partial charge on any atom is -0.481 e. The maximum absolute atomic E-state index is 15.8. The van der Waals surface area contributed by atoms with E-state index in [1.807, 2.05) is 27.7 Å². The van der Waals surface area contributed by atoms with Crippen molar-refractivity contribution in [2.45, 2.75) is 59.3 Å². The Labute approximate surface area is 237 Å². The molecule has 1 atom stereocenters. The van der Waals surface area contributed by atoms with E-state index in [0.29, 0.717) is 41.6 Å². The highest BCUT2D eigenvalue weighted by atomic mass is 35.5. The monoisotopic (exact) mass is 597 g/mol. The second-order valence-corrected chi connectivity index (χ2v) is 13.6. The van der Waals surface area contributed by atoms with Crippen LogP contribution in [0, 0.1) is 11.7 Å². The maximum atomic E-state index is 15.8. The molecule has 3 rings (SSSR count). The molecule has 0 aliphatic carbocycles. The first-order valence-electron chi connectivity index (χ1n) is 12.5. The molecule has 2 aromatic heterocycles. The van der Waals surface area contributed by atoms with Gasteiger partial charge in [0, 0.05) is 35.2 Å². The third-order valence-corrected chi connectivity index (χ3v) is 8.83. The molecule has 0 unspecified atom stereocenters. The van der Waals surface area contributed by atoms with Crippen LogP contribution >= 0.6 is 22.9 Å². The van der Waals surface area contributed by atoms with E-state index in [2.05, 4.69) is 20.0 Å². The Balaban J connectivity index is 2.04. The summed E-state index contributed by atoms with van der Waals surface area (Å²) >= 11 is 7.67. The lowest BCUT2D eigenvalue weighted by molar-refractivity contribution is -0.137. The summed E-state index contributed by atoms with van der Waals surface area (Å²) in [7, 11) is -3.76. The maximum Gasteiger partial charge on any atom is 0.303 e. The summed E-state index contributed by atoms with van der Waals surface area (Å²) in [5, 5.41) is 13.0. The van der Waals surface area contributed by atoms with Gasteiger partial charge >= 0.3 is 5.97 Å². The molecule has 0 saturated carbocycles. The number of benzene rings is 1. The fraction of sp³-hybridized carbons (Fsp3) is 0.462. The predicted molar refractivity (Wildman–Crippen MR) is 154 cm³/mol. The number of aromatic nitrogens is 3. The minimum atomic E-state index is -3.76. The third kappa shape index (κ3) is 8.33.